The fraction of sp³-hybridized carbons (Fsp3) is 0.556. The highest BCUT2D eigenvalue weighted by Crippen LogP contribution is 2.23. The van der Waals surface area contributed by atoms with Gasteiger partial charge in [0.1, 0.15) is 0 Å². The van der Waals surface area contributed by atoms with Crippen molar-refractivity contribution in [3.63, 3.8) is 0 Å². The molecule has 0 saturated heterocycles. The number of carboxylic acid groups (broad SMARTS) is 1. The molecule has 2 N–H and O–H groups in total. The Labute approximate surface area is 77.0 Å². The molecule has 1 aromatic rings. The molecule has 1 rings (SSSR count). The first kappa shape index (κ1) is 9.77. The van der Waals surface area contributed by atoms with Crippen LogP contribution in [-0.4, -0.2) is 21.3 Å². The largest absolute Gasteiger partial charge is 0.481 e. The molecule has 72 valence electrons. The maximum absolute atomic E-state index is 10.5. The number of nitrogens with zero attached hydrogens (tertiary/aromatic N) is 1. The van der Waals surface area contributed by atoms with E-state index < -0.39 is 5.97 Å². The van der Waals surface area contributed by atoms with Gasteiger partial charge in [-0.25, -0.2) is 0 Å². The summed E-state index contributed by atoms with van der Waals surface area (Å²) in [6.07, 6.45) is 0.154. The Morgan fingerprint density at radius 1 is 1.62 bits per heavy atom. The molecule has 0 fully saturated rings. The van der Waals surface area contributed by atoms with E-state index >= 15 is 0 Å². The Balaban J connectivity index is 2.87. The number of aromatic amines is 1. The number of aryl methyl sites for hydroxylation is 2. The lowest BCUT2D eigenvalue weighted by molar-refractivity contribution is -0.137. The Bertz CT molecular complexity index is 298. The topological polar surface area (TPSA) is 66.0 Å². The van der Waals surface area contributed by atoms with Crippen molar-refractivity contribution in [3.05, 3.63) is 17.0 Å². The molecule has 1 atom stereocenters. The van der Waals surface area contributed by atoms with E-state index in [1.807, 2.05) is 20.8 Å². The summed E-state index contributed by atoms with van der Waals surface area (Å²) in [7, 11) is 0. The van der Waals surface area contributed by atoms with Crippen molar-refractivity contribution in [2.45, 2.75) is 33.1 Å². The molecule has 13 heavy (non-hydrogen) atoms. The van der Waals surface area contributed by atoms with Crippen LogP contribution in [0.2, 0.25) is 0 Å². The summed E-state index contributed by atoms with van der Waals surface area (Å²) in [4.78, 5) is 10.5. The van der Waals surface area contributed by atoms with E-state index in [9.17, 15) is 4.79 Å². The first-order chi connectivity index (χ1) is 6.02. The molecule has 0 saturated carbocycles. The van der Waals surface area contributed by atoms with Crippen molar-refractivity contribution in [2.75, 3.05) is 0 Å². The number of carbonyl (C=O) groups is 1. The van der Waals surface area contributed by atoms with Gasteiger partial charge >= 0.3 is 5.97 Å². The molecule has 4 heteroatoms. The van der Waals surface area contributed by atoms with Gasteiger partial charge in [0, 0.05) is 5.69 Å². The number of rotatable bonds is 3. The molecule has 0 aromatic carbocycles. The van der Waals surface area contributed by atoms with E-state index in [-0.39, 0.29) is 12.3 Å². The molecular formula is C9H14N2O2. The van der Waals surface area contributed by atoms with Gasteiger partial charge in [-0.3, -0.25) is 9.89 Å². The van der Waals surface area contributed by atoms with Gasteiger partial charge in [0.25, 0.3) is 0 Å². The van der Waals surface area contributed by atoms with Crippen molar-refractivity contribution >= 4 is 5.97 Å². The summed E-state index contributed by atoms with van der Waals surface area (Å²) >= 11 is 0. The maximum Gasteiger partial charge on any atom is 0.303 e. The third kappa shape index (κ3) is 2.08. The summed E-state index contributed by atoms with van der Waals surface area (Å²) in [5.74, 6) is -0.747. The number of aromatic nitrogens is 2. The SMILES string of the molecule is Cc1n[nH]c(C)c1[C@@H](C)CC(=O)O. The van der Waals surface area contributed by atoms with E-state index in [4.69, 9.17) is 5.11 Å². The summed E-state index contributed by atoms with van der Waals surface area (Å²) < 4.78 is 0. The van der Waals surface area contributed by atoms with Crippen LogP contribution >= 0.6 is 0 Å². The monoisotopic (exact) mass is 182 g/mol. The maximum atomic E-state index is 10.5. The van der Waals surface area contributed by atoms with E-state index in [0.29, 0.717) is 0 Å². The van der Waals surface area contributed by atoms with Gasteiger partial charge in [-0.15, -0.1) is 0 Å². The van der Waals surface area contributed by atoms with Gasteiger partial charge in [0.05, 0.1) is 12.1 Å². The van der Waals surface area contributed by atoms with Crippen LogP contribution in [0, 0.1) is 13.8 Å². The fourth-order valence-corrected chi connectivity index (χ4v) is 1.65. The quantitative estimate of drug-likeness (QED) is 0.746. The zero-order chi connectivity index (χ0) is 10.0. The number of H-pyrrole nitrogens is 1. The number of carboxylic acids is 1. The minimum Gasteiger partial charge on any atom is -0.481 e. The number of aliphatic carboxylic acids is 1. The standard InChI is InChI=1S/C9H14N2O2/c1-5(4-8(12)13)9-6(2)10-11-7(9)3/h5H,4H2,1-3H3,(H,10,11)(H,12,13)/t5-/m0/s1. The van der Waals surface area contributed by atoms with Gasteiger partial charge < -0.3 is 5.11 Å². The van der Waals surface area contributed by atoms with Gasteiger partial charge in [0.15, 0.2) is 0 Å². The van der Waals surface area contributed by atoms with E-state index in [1.165, 1.54) is 0 Å². The summed E-state index contributed by atoms with van der Waals surface area (Å²) in [5.41, 5.74) is 2.89. The second-order valence-electron chi connectivity index (χ2n) is 3.35. The van der Waals surface area contributed by atoms with Gasteiger partial charge in [0.2, 0.25) is 0 Å². The van der Waals surface area contributed by atoms with Crippen LogP contribution in [0.15, 0.2) is 0 Å². The van der Waals surface area contributed by atoms with E-state index in [1.54, 1.807) is 0 Å². The average Bonchev–Trinajstić information content (AvgIpc) is 2.29. The van der Waals surface area contributed by atoms with Crippen molar-refractivity contribution < 1.29 is 9.90 Å². The fourth-order valence-electron chi connectivity index (χ4n) is 1.65. The van der Waals surface area contributed by atoms with Crippen molar-refractivity contribution in [2.24, 2.45) is 0 Å². The highest BCUT2D eigenvalue weighted by molar-refractivity contribution is 5.68. The molecule has 0 bridgehead atoms. The molecule has 0 spiro atoms. The predicted octanol–water partition coefficient (Wildman–Crippen LogP) is 1.60. The zero-order valence-corrected chi connectivity index (χ0v) is 8.09. The van der Waals surface area contributed by atoms with Gasteiger partial charge in [-0.2, -0.15) is 5.10 Å². The van der Waals surface area contributed by atoms with Gasteiger partial charge in [-0.05, 0) is 25.3 Å². The first-order valence-corrected chi connectivity index (χ1v) is 4.25. The average molecular weight is 182 g/mol. The molecule has 1 heterocycles. The predicted molar refractivity (Wildman–Crippen MR) is 48.7 cm³/mol. The minimum atomic E-state index is -0.771. The lowest BCUT2D eigenvalue weighted by Crippen LogP contribution is -2.04. The van der Waals surface area contributed by atoms with E-state index in [2.05, 4.69) is 10.2 Å². The highest BCUT2D eigenvalue weighted by Gasteiger charge is 2.16. The van der Waals surface area contributed by atoms with Crippen LogP contribution in [0.4, 0.5) is 0 Å². The molecule has 0 aliphatic rings. The second-order valence-corrected chi connectivity index (χ2v) is 3.35. The van der Waals surface area contributed by atoms with Crippen LogP contribution in [0.1, 0.15) is 36.2 Å². The van der Waals surface area contributed by atoms with Crippen molar-refractivity contribution in [1.82, 2.24) is 10.2 Å². The molecule has 0 aliphatic heterocycles. The van der Waals surface area contributed by atoms with Crippen LogP contribution in [-0.2, 0) is 4.79 Å². The van der Waals surface area contributed by atoms with Crippen LogP contribution in [0.5, 0.6) is 0 Å². The van der Waals surface area contributed by atoms with Crippen molar-refractivity contribution in [1.29, 1.82) is 0 Å². The second kappa shape index (κ2) is 3.60. The first-order valence-electron chi connectivity index (χ1n) is 4.25. The molecule has 4 nitrogen and oxygen atoms in total. The summed E-state index contributed by atoms with van der Waals surface area (Å²) in [6, 6.07) is 0. The normalized spacial score (nSPS) is 12.8. The smallest absolute Gasteiger partial charge is 0.303 e. The Morgan fingerprint density at radius 3 is 2.62 bits per heavy atom. The summed E-state index contributed by atoms with van der Waals surface area (Å²) in [6.45, 7) is 5.70. The third-order valence-electron chi connectivity index (χ3n) is 2.16. The Hall–Kier alpha value is -1.32. The van der Waals surface area contributed by atoms with Gasteiger partial charge in [-0.1, -0.05) is 6.92 Å². The van der Waals surface area contributed by atoms with Crippen LogP contribution < -0.4 is 0 Å². The third-order valence-corrected chi connectivity index (χ3v) is 2.16. The molecule has 0 unspecified atom stereocenters. The van der Waals surface area contributed by atoms with Crippen LogP contribution in [0.3, 0.4) is 0 Å². The number of nitrogens with one attached hydrogen (secondary N) is 1. The lowest BCUT2D eigenvalue weighted by Gasteiger charge is -2.08. The molecule has 0 radical (unpaired) electrons. The lowest BCUT2D eigenvalue weighted by atomic mass is 9.96. The molecule has 1 aromatic heterocycles. The van der Waals surface area contributed by atoms with Crippen molar-refractivity contribution in [3.8, 4) is 0 Å². The zero-order valence-electron chi connectivity index (χ0n) is 8.09. The molecular weight excluding hydrogens is 168 g/mol. The number of hydrogen-bond acceptors (Lipinski definition) is 2. The molecule has 0 amide bonds. The minimum absolute atomic E-state index is 0.0243. The summed E-state index contributed by atoms with van der Waals surface area (Å²) in [5, 5.41) is 15.5. The van der Waals surface area contributed by atoms with E-state index in [0.717, 1.165) is 17.0 Å². The Morgan fingerprint density at radius 2 is 2.23 bits per heavy atom. The number of hydrogen-bond donors (Lipinski definition) is 2. The highest BCUT2D eigenvalue weighted by atomic mass is 16.4. The van der Waals surface area contributed by atoms with Crippen LogP contribution in [0.25, 0.3) is 0 Å². The molecule has 0 aliphatic carbocycles. The Kier molecular flexibility index (Phi) is 2.70.